The summed E-state index contributed by atoms with van der Waals surface area (Å²) in [6, 6.07) is 0. The standard InChI is InChI=1S/C12H22BrNO2/c1-8(2)11(13)12(16)14-6-9-4-3-5-10(9)7-15/h8-11,15H,3-7H2,1-2H3,(H,14,16). The number of nitrogens with one attached hydrogen (secondary N) is 1. The fourth-order valence-corrected chi connectivity index (χ4v) is 2.42. The summed E-state index contributed by atoms with van der Waals surface area (Å²) >= 11 is 3.39. The second kappa shape index (κ2) is 6.60. The molecule has 0 heterocycles. The Morgan fingerprint density at radius 3 is 2.62 bits per heavy atom. The quantitative estimate of drug-likeness (QED) is 0.761. The zero-order valence-electron chi connectivity index (χ0n) is 10.1. The minimum absolute atomic E-state index is 0.0681. The van der Waals surface area contributed by atoms with E-state index in [1.165, 1.54) is 6.42 Å². The van der Waals surface area contributed by atoms with Gasteiger partial charge in [0, 0.05) is 13.2 Å². The van der Waals surface area contributed by atoms with Crippen molar-refractivity contribution in [2.24, 2.45) is 17.8 Å². The van der Waals surface area contributed by atoms with Crippen LogP contribution in [0.1, 0.15) is 33.1 Å². The lowest BCUT2D eigenvalue weighted by molar-refractivity contribution is -0.121. The molecule has 0 radical (unpaired) electrons. The summed E-state index contributed by atoms with van der Waals surface area (Å²) < 4.78 is 0. The van der Waals surface area contributed by atoms with E-state index in [1.807, 2.05) is 13.8 Å². The number of carbonyl (C=O) groups is 1. The van der Waals surface area contributed by atoms with E-state index in [-0.39, 0.29) is 17.3 Å². The first-order chi connectivity index (χ1) is 7.56. The van der Waals surface area contributed by atoms with Crippen molar-refractivity contribution >= 4 is 21.8 Å². The van der Waals surface area contributed by atoms with Crippen molar-refractivity contribution in [2.75, 3.05) is 13.2 Å². The Morgan fingerprint density at radius 2 is 2.06 bits per heavy atom. The van der Waals surface area contributed by atoms with Crippen molar-refractivity contribution in [2.45, 2.75) is 37.9 Å². The van der Waals surface area contributed by atoms with Gasteiger partial charge in [0.1, 0.15) is 0 Å². The lowest BCUT2D eigenvalue weighted by Gasteiger charge is -2.20. The molecule has 1 aliphatic carbocycles. The number of aliphatic hydroxyl groups excluding tert-OH is 1. The number of halogens is 1. The first-order valence-electron chi connectivity index (χ1n) is 6.09. The predicted octanol–water partition coefficient (Wildman–Crippen LogP) is 1.93. The summed E-state index contributed by atoms with van der Waals surface area (Å²) in [7, 11) is 0. The number of hydrogen-bond acceptors (Lipinski definition) is 2. The second-order valence-electron chi connectivity index (χ2n) is 5.02. The van der Waals surface area contributed by atoms with Gasteiger partial charge in [-0.3, -0.25) is 4.79 Å². The van der Waals surface area contributed by atoms with Crippen molar-refractivity contribution < 1.29 is 9.90 Å². The van der Waals surface area contributed by atoms with E-state index in [4.69, 9.17) is 0 Å². The summed E-state index contributed by atoms with van der Waals surface area (Å²) in [5.74, 6) is 1.21. The number of hydrogen-bond donors (Lipinski definition) is 2. The second-order valence-corrected chi connectivity index (χ2v) is 6.01. The van der Waals surface area contributed by atoms with Gasteiger partial charge in [-0.15, -0.1) is 0 Å². The maximum atomic E-state index is 11.7. The molecule has 2 N–H and O–H groups in total. The molecule has 16 heavy (non-hydrogen) atoms. The smallest absolute Gasteiger partial charge is 0.234 e. The van der Waals surface area contributed by atoms with Crippen molar-refractivity contribution in [1.29, 1.82) is 0 Å². The van der Waals surface area contributed by atoms with Gasteiger partial charge in [0.15, 0.2) is 0 Å². The number of aliphatic hydroxyl groups is 1. The van der Waals surface area contributed by atoms with Gasteiger partial charge in [-0.05, 0) is 30.6 Å². The van der Waals surface area contributed by atoms with E-state index >= 15 is 0 Å². The fourth-order valence-electron chi connectivity index (χ4n) is 2.25. The van der Waals surface area contributed by atoms with E-state index in [2.05, 4.69) is 21.2 Å². The van der Waals surface area contributed by atoms with Crippen LogP contribution in [0.2, 0.25) is 0 Å². The first kappa shape index (κ1) is 14.0. The van der Waals surface area contributed by atoms with Gasteiger partial charge in [-0.1, -0.05) is 36.2 Å². The molecule has 1 amide bonds. The van der Waals surface area contributed by atoms with E-state index in [0.717, 1.165) is 12.8 Å². The molecule has 3 atom stereocenters. The SMILES string of the molecule is CC(C)C(Br)C(=O)NCC1CCCC1CO. The highest BCUT2D eigenvalue weighted by Crippen LogP contribution is 2.30. The minimum atomic E-state index is -0.110. The van der Waals surface area contributed by atoms with Crippen molar-refractivity contribution in [1.82, 2.24) is 5.32 Å². The Kier molecular flexibility index (Phi) is 5.76. The molecule has 1 saturated carbocycles. The molecule has 0 bridgehead atoms. The van der Waals surface area contributed by atoms with Crippen LogP contribution in [-0.2, 0) is 4.79 Å². The van der Waals surface area contributed by atoms with Crippen LogP contribution in [0, 0.1) is 17.8 Å². The van der Waals surface area contributed by atoms with Crippen LogP contribution >= 0.6 is 15.9 Å². The molecule has 0 aromatic heterocycles. The molecule has 0 aromatic carbocycles. The highest BCUT2D eigenvalue weighted by Gasteiger charge is 2.27. The van der Waals surface area contributed by atoms with Crippen LogP contribution in [0.3, 0.4) is 0 Å². The normalized spacial score (nSPS) is 27.1. The molecular weight excluding hydrogens is 270 g/mol. The lowest BCUT2D eigenvalue weighted by Crippen LogP contribution is -2.38. The third-order valence-electron chi connectivity index (χ3n) is 3.43. The number of rotatable bonds is 5. The average molecular weight is 292 g/mol. The molecule has 94 valence electrons. The van der Waals surface area contributed by atoms with Crippen LogP contribution < -0.4 is 5.32 Å². The monoisotopic (exact) mass is 291 g/mol. The Balaban J connectivity index is 2.31. The molecule has 1 aliphatic rings. The first-order valence-corrected chi connectivity index (χ1v) is 7.00. The largest absolute Gasteiger partial charge is 0.396 e. The topological polar surface area (TPSA) is 49.3 Å². The maximum Gasteiger partial charge on any atom is 0.234 e. The van der Waals surface area contributed by atoms with Crippen LogP contribution in [0.5, 0.6) is 0 Å². The van der Waals surface area contributed by atoms with Crippen LogP contribution in [0.15, 0.2) is 0 Å². The molecule has 1 rings (SSSR count). The van der Waals surface area contributed by atoms with Crippen molar-refractivity contribution in [3.8, 4) is 0 Å². The third-order valence-corrected chi connectivity index (χ3v) is 4.90. The van der Waals surface area contributed by atoms with Gasteiger partial charge in [0.05, 0.1) is 4.83 Å². The summed E-state index contributed by atoms with van der Waals surface area (Å²) in [4.78, 5) is 11.6. The highest BCUT2D eigenvalue weighted by atomic mass is 79.9. The van der Waals surface area contributed by atoms with E-state index < -0.39 is 0 Å². The average Bonchev–Trinajstić information content (AvgIpc) is 2.71. The number of alkyl halides is 1. The zero-order valence-corrected chi connectivity index (χ0v) is 11.7. The number of carbonyl (C=O) groups excluding carboxylic acids is 1. The van der Waals surface area contributed by atoms with Gasteiger partial charge >= 0.3 is 0 Å². The van der Waals surface area contributed by atoms with Gasteiger partial charge < -0.3 is 10.4 Å². The van der Waals surface area contributed by atoms with E-state index in [0.29, 0.717) is 24.3 Å². The summed E-state index contributed by atoms with van der Waals surface area (Å²) in [5, 5.41) is 12.2. The summed E-state index contributed by atoms with van der Waals surface area (Å²) in [6.07, 6.45) is 3.40. The Labute approximate surface area is 106 Å². The molecule has 0 aromatic rings. The van der Waals surface area contributed by atoms with Gasteiger partial charge in [0.2, 0.25) is 5.91 Å². The zero-order chi connectivity index (χ0) is 12.1. The van der Waals surface area contributed by atoms with E-state index in [1.54, 1.807) is 0 Å². The third kappa shape index (κ3) is 3.74. The van der Waals surface area contributed by atoms with Gasteiger partial charge in [0.25, 0.3) is 0 Å². The molecular formula is C12H22BrNO2. The van der Waals surface area contributed by atoms with E-state index in [9.17, 15) is 9.90 Å². The molecule has 3 nitrogen and oxygen atoms in total. The number of amides is 1. The minimum Gasteiger partial charge on any atom is -0.396 e. The van der Waals surface area contributed by atoms with Gasteiger partial charge in [-0.2, -0.15) is 0 Å². The molecule has 1 fully saturated rings. The molecule has 0 saturated heterocycles. The van der Waals surface area contributed by atoms with Crippen LogP contribution in [0.4, 0.5) is 0 Å². The van der Waals surface area contributed by atoms with Crippen molar-refractivity contribution in [3.63, 3.8) is 0 Å². The predicted molar refractivity (Wildman–Crippen MR) is 68.5 cm³/mol. The molecule has 3 unspecified atom stereocenters. The molecule has 4 heteroatoms. The van der Waals surface area contributed by atoms with Crippen molar-refractivity contribution in [3.05, 3.63) is 0 Å². The van der Waals surface area contributed by atoms with Crippen LogP contribution in [-0.4, -0.2) is 29.0 Å². The summed E-state index contributed by atoms with van der Waals surface area (Å²) in [5.41, 5.74) is 0. The van der Waals surface area contributed by atoms with Crippen LogP contribution in [0.25, 0.3) is 0 Å². The highest BCUT2D eigenvalue weighted by molar-refractivity contribution is 9.10. The lowest BCUT2D eigenvalue weighted by atomic mass is 9.97. The Bertz CT molecular complexity index is 233. The maximum absolute atomic E-state index is 11.7. The Hall–Kier alpha value is -0.0900. The molecule has 0 spiro atoms. The molecule has 0 aliphatic heterocycles. The Morgan fingerprint density at radius 1 is 1.44 bits per heavy atom. The summed E-state index contributed by atoms with van der Waals surface area (Å²) in [6.45, 7) is 5.00. The fraction of sp³-hybridized carbons (Fsp3) is 0.917. The van der Waals surface area contributed by atoms with Gasteiger partial charge in [-0.25, -0.2) is 0 Å².